The van der Waals surface area contributed by atoms with Crippen molar-refractivity contribution in [1.82, 2.24) is 29.9 Å². The SMILES string of the molecule is C=CCc1nc(-c2nc(-c3nc(/C=C/Cc4nc(-c5nc(-c6nc(C=C)co6)co5)co4)co3)co2)co1. The Hall–Kier alpha value is -5.52. The molecule has 0 fully saturated rings. The van der Waals surface area contributed by atoms with Gasteiger partial charge in [0.25, 0.3) is 0 Å². The molecule has 0 aliphatic heterocycles. The van der Waals surface area contributed by atoms with Crippen molar-refractivity contribution in [2.24, 2.45) is 0 Å². The summed E-state index contributed by atoms with van der Waals surface area (Å²) < 4.78 is 32.8. The fraction of sp³-hybridized carbons (Fsp3) is 0.0769. The number of rotatable bonds is 10. The van der Waals surface area contributed by atoms with Gasteiger partial charge in [-0.1, -0.05) is 18.7 Å². The predicted molar refractivity (Wildman–Crippen MR) is 132 cm³/mol. The molecule has 0 aliphatic rings. The molecule has 0 spiro atoms. The van der Waals surface area contributed by atoms with Gasteiger partial charge in [0.15, 0.2) is 34.6 Å². The molecule has 0 aromatic carbocycles. The highest BCUT2D eigenvalue weighted by Gasteiger charge is 2.17. The average molecular weight is 510 g/mol. The van der Waals surface area contributed by atoms with E-state index in [2.05, 4.69) is 43.1 Å². The summed E-state index contributed by atoms with van der Waals surface area (Å²) in [6, 6.07) is 0. The zero-order chi connectivity index (χ0) is 25.9. The summed E-state index contributed by atoms with van der Waals surface area (Å²) >= 11 is 0. The van der Waals surface area contributed by atoms with Crippen LogP contribution in [0.1, 0.15) is 23.2 Å². The topological polar surface area (TPSA) is 156 Å². The molecular formula is C26H18N6O6. The van der Waals surface area contributed by atoms with Crippen molar-refractivity contribution in [2.75, 3.05) is 0 Å². The molecule has 0 unspecified atom stereocenters. The van der Waals surface area contributed by atoms with Crippen molar-refractivity contribution in [1.29, 1.82) is 0 Å². The second-order valence-corrected chi connectivity index (χ2v) is 7.79. The molecule has 0 radical (unpaired) electrons. The van der Waals surface area contributed by atoms with Crippen molar-refractivity contribution in [2.45, 2.75) is 12.8 Å². The quantitative estimate of drug-likeness (QED) is 0.201. The van der Waals surface area contributed by atoms with Crippen LogP contribution in [0.5, 0.6) is 0 Å². The Bertz CT molecular complexity index is 1740. The zero-order valence-electron chi connectivity index (χ0n) is 19.7. The predicted octanol–water partition coefficient (Wildman–Crippen LogP) is 5.91. The fourth-order valence-corrected chi connectivity index (χ4v) is 3.37. The average Bonchev–Trinajstić information content (AvgIpc) is 3.77. The van der Waals surface area contributed by atoms with Gasteiger partial charge < -0.3 is 26.5 Å². The second-order valence-electron chi connectivity index (χ2n) is 7.79. The van der Waals surface area contributed by atoms with Crippen LogP contribution in [0.15, 0.2) is 89.4 Å². The number of allylic oxidation sites excluding steroid dienone is 2. The molecule has 12 heteroatoms. The molecule has 6 heterocycles. The third-order valence-corrected chi connectivity index (χ3v) is 5.14. The second kappa shape index (κ2) is 9.85. The molecule has 6 aromatic rings. The largest absolute Gasteiger partial charge is 0.448 e. The van der Waals surface area contributed by atoms with E-state index >= 15 is 0 Å². The molecule has 0 amide bonds. The van der Waals surface area contributed by atoms with Crippen LogP contribution in [0.3, 0.4) is 0 Å². The zero-order valence-corrected chi connectivity index (χ0v) is 19.7. The van der Waals surface area contributed by atoms with E-state index in [1.54, 1.807) is 18.2 Å². The monoisotopic (exact) mass is 510 g/mol. The van der Waals surface area contributed by atoms with E-state index in [1.807, 2.05) is 6.08 Å². The fourth-order valence-electron chi connectivity index (χ4n) is 3.37. The molecule has 0 atom stereocenters. The van der Waals surface area contributed by atoms with Gasteiger partial charge >= 0.3 is 0 Å². The molecular weight excluding hydrogens is 492 g/mol. The number of oxazole rings is 6. The van der Waals surface area contributed by atoms with E-state index in [0.29, 0.717) is 76.5 Å². The maximum atomic E-state index is 5.54. The summed E-state index contributed by atoms with van der Waals surface area (Å²) in [5.41, 5.74) is 3.00. The van der Waals surface area contributed by atoms with Crippen LogP contribution >= 0.6 is 0 Å². The Morgan fingerprint density at radius 3 is 1.58 bits per heavy atom. The summed E-state index contributed by atoms with van der Waals surface area (Å²) in [6.45, 7) is 7.31. The minimum absolute atomic E-state index is 0.285. The Morgan fingerprint density at radius 1 is 0.526 bits per heavy atom. The lowest BCUT2D eigenvalue weighted by atomic mass is 10.3. The highest BCUT2D eigenvalue weighted by molar-refractivity contribution is 5.56. The number of nitrogens with zero attached hydrogens (tertiary/aromatic N) is 6. The smallest absolute Gasteiger partial charge is 0.249 e. The van der Waals surface area contributed by atoms with Gasteiger partial charge in [0.1, 0.15) is 49.0 Å². The molecule has 6 aromatic heterocycles. The van der Waals surface area contributed by atoms with Crippen LogP contribution in [-0.2, 0) is 12.8 Å². The first kappa shape index (κ1) is 22.9. The minimum atomic E-state index is 0.285. The van der Waals surface area contributed by atoms with Gasteiger partial charge in [-0.25, -0.2) is 29.9 Å². The summed E-state index contributed by atoms with van der Waals surface area (Å²) in [5.74, 6) is 2.21. The van der Waals surface area contributed by atoms with E-state index in [9.17, 15) is 0 Å². The van der Waals surface area contributed by atoms with Crippen LogP contribution in [0.2, 0.25) is 0 Å². The Balaban J connectivity index is 1.08. The van der Waals surface area contributed by atoms with Crippen molar-refractivity contribution in [3.8, 4) is 46.3 Å². The molecule has 12 nitrogen and oxygen atoms in total. The maximum Gasteiger partial charge on any atom is 0.249 e. The van der Waals surface area contributed by atoms with Crippen LogP contribution < -0.4 is 0 Å². The van der Waals surface area contributed by atoms with Gasteiger partial charge in [0, 0.05) is 12.8 Å². The van der Waals surface area contributed by atoms with E-state index in [-0.39, 0.29) is 5.89 Å². The van der Waals surface area contributed by atoms with Crippen LogP contribution in [-0.4, -0.2) is 29.9 Å². The number of hydrogen-bond donors (Lipinski definition) is 0. The van der Waals surface area contributed by atoms with Crippen molar-refractivity contribution in [3.05, 3.63) is 86.1 Å². The molecule has 0 bridgehead atoms. The molecule has 0 N–H and O–H groups in total. The van der Waals surface area contributed by atoms with Crippen LogP contribution in [0.25, 0.3) is 58.5 Å². The van der Waals surface area contributed by atoms with E-state index in [1.165, 1.54) is 37.6 Å². The summed E-state index contributed by atoms with van der Waals surface area (Å²) in [6.07, 6.45) is 16.6. The highest BCUT2D eigenvalue weighted by Crippen LogP contribution is 2.26. The van der Waals surface area contributed by atoms with E-state index in [4.69, 9.17) is 26.5 Å². The Morgan fingerprint density at radius 2 is 1.00 bits per heavy atom. The molecule has 188 valence electrons. The third kappa shape index (κ3) is 4.65. The normalized spacial score (nSPS) is 11.5. The minimum Gasteiger partial charge on any atom is -0.448 e. The van der Waals surface area contributed by atoms with Crippen molar-refractivity contribution in [3.63, 3.8) is 0 Å². The molecule has 38 heavy (non-hydrogen) atoms. The van der Waals surface area contributed by atoms with Gasteiger partial charge in [-0.3, -0.25) is 0 Å². The Kier molecular flexibility index (Phi) is 5.94. The summed E-state index contributed by atoms with van der Waals surface area (Å²) in [4.78, 5) is 26.1. The Labute approximate surface area is 214 Å². The molecule has 0 saturated carbocycles. The summed E-state index contributed by atoms with van der Waals surface area (Å²) in [7, 11) is 0. The highest BCUT2D eigenvalue weighted by atomic mass is 16.4. The van der Waals surface area contributed by atoms with Gasteiger partial charge in [-0.2, -0.15) is 0 Å². The lowest BCUT2D eigenvalue weighted by Gasteiger charge is -1.87. The first-order chi connectivity index (χ1) is 18.7. The standard InChI is InChI=1S/C26H18N6O6/c1-3-6-21-29-17(11-33-21)25-32-20(14-38-25)24-28-16(10-36-24)7-5-8-22-30-18(12-34-22)26-31-19(13-37-26)23-27-15(4-2)9-35-23/h3-5,7,9-14H,1-2,6,8H2/b7-5+. The van der Waals surface area contributed by atoms with Crippen molar-refractivity contribution >= 4 is 12.2 Å². The van der Waals surface area contributed by atoms with E-state index in [0.717, 1.165) is 0 Å². The molecule has 0 saturated heterocycles. The van der Waals surface area contributed by atoms with Gasteiger partial charge in [0.05, 0.1) is 0 Å². The first-order valence-electron chi connectivity index (χ1n) is 11.3. The molecule has 6 rings (SSSR count). The lowest BCUT2D eigenvalue weighted by Crippen LogP contribution is -1.84. The lowest BCUT2D eigenvalue weighted by molar-refractivity contribution is 0.508. The van der Waals surface area contributed by atoms with Gasteiger partial charge in [-0.15, -0.1) is 6.58 Å². The van der Waals surface area contributed by atoms with Crippen LogP contribution in [0, 0.1) is 0 Å². The van der Waals surface area contributed by atoms with Gasteiger partial charge in [0.2, 0.25) is 23.6 Å². The van der Waals surface area contributed by atoms with Crippen LogP contribution in [0.4, 0.5) is 0 Å². The first-order valence-corrected chi connectivity index (χ1v) is 11.3. The number of aromatic nitrogens is 6. The van der Waals surface area contributed by atoms with Crippen molar-refractivity contribution < 1.29 is 26.5 Å². The van der Waals surface area contributed by atoms with Gasteiger partial charge in [-0.05, 0) is 12.2 Å². The summed E-state index contributed by atoms with van der Waals surface area (Å²) in [5, 5.41) is 0. The van der Waals surface area contributed by atoms with E-state index < -0.39 is 0 Å². The number of hydrogen-bond acceptors (Lipinski definition) is 12. The third-order valence-electron chi connectivity index (χ3n) is 5.14. The maximum absolute atomic E-state index is 5.54. The molecule has 0 aliphatic carbocycles.